The lowest BCUT2D eigenvalue weighted by Gasteiger charge is -2.20. The fourth-order valence-corrected chi connectivity index (χ4v) is 3.72. The van der Waals surface area contributed by atoms with E-state index in [1.165, 1.54) is 20.4 Å². The molecular weight excluding hydrogens is 410 g/mol. The summed E-state index contributed by atoms with van der Waals surface area (Å²) >= 11 is 0. The Bertz CT molecular complexity index is 1310. The van der Waals surface area contributed by atoms with Gasteiger partial charge in [-0.1, -0.05) is 26.0 Å². The Hall–Kier alpha value is -3.88. The average Bonchev–Trinajstić information content (AvgIpc) is 3.22. The van der Waals surface area contributed by atoms with E-state index in [0.717, 1.165) is 15.7 Å². The number of methoxy groups -OCH3 is 2. The summed E-state index contributed by atoms with van der Waals surface area (Å²) in [7, 11) is 2.97. The first-order valence-corrected chi connectivity index (χ1v) is 10.3. The number of benzene rings is 2. The Kier molecular flexibility index (Phi) is 5.81. The highest BCUT2D eigenvalue weighted by Gasteiger charge is 2.23. The molecular formula is C23H25N5O4. The lowest BCUT2D eigenvalue weighted by molar-refractivity contribution is -0.123. The van der Waals surface area contributed by atoms with E-state index in [0.29, 0.717) is 28.1 Å². The molecule has 2 N–H and O–H groups in total. The van der Waals surface area contributed by atoms with Crippen LogP contribution in [0.25, 0.3) is 21.8 Å². The second-order valence-electron chi connectivity index (χ2n) is 7.80. The van der Waals surface area contributed by atoms with E-state index < -0.39 is 5.56 Å². The van der Waals surface area contributed by atoms with Gasteiger partial charge in [-0.25, -0.2) is 9.67 Å². The van der Waals surface area contributed by atoms with Gasteiger partial charge in [0.2, 0.25) is 5.91 Å². The molecule has 1 unspecified atom stereocenters. The second-order valence-corrected chi connectivity index (χ2v) is 7.80. The predicted octanol–water partition coefficient (Wildman–Crippen LogP) is 2.80. The van der Waals surface area contributed by atoms with Crippen LogP contribution in [0.1, 0.15) is 25.7 Å². The van der Waals surface area contributed by atoms with Crippen LogP contribution in [0.4, 0.5) is 0 Å². The molecule has 0 aliphatic rings. The number of aromatic amines is 1. The highest BCUT2D eigenvalue weighted by Crippen LogP contribution is 2.32. The first-order chi connectivity index (χ1) is 15.4. The number of carbonyl (C=O) groups excluding carboxylic acids is 1. The number of hydrogen-bond acceptors (Lipinski definition) is 6. The van der Waals surface area contributed by atoms with Crippen molar-refractivity contribution >= 4 is 27.7 Å². The van der Waals surface area contributed by atoms with E-state index in [4.69, 9.17) is 9.47 Å². The number of carbonyl (C=O) groups is 1. The van der Waals surface area contributed by atoms with Crippen molar-refractivity contribution in [3.05, 3.63) is 58.8 Å². The standard InChI is InChI=1S/C23H25N5O4/c1-13(2)20(22-25-15-7-5-6-8-16(15)26-22)27-18(29)12-28-23(30)19-14(11-24-28)9-10-17(31-3)21(19)32-4/h5-11,13,20H,12H2,1-4H3,(H,25,26)(H,27,29). The summed E-state index contributed by atoms with van der Waals surface area (Å²) in [6.07, 6.45) is 1.53. The Balaban J connectivity index is 1.62. The number of nitrogens with one attached hydrogen (secondary N) is 2. The van der Waals surface area contributed by atoms with Crippen molar-refractivity contribution in [2.45, 2.75) is 26.4 Å². The molecule has 4 aromatic rings. The molecule has 32 heavy (non-hydrogen) atoms. The summed E-state index contributed by atoms with van der Waals surface area (Å²) in [5.74, 6) is 1.14. The van der Waals surface area contributed by atoms with Gasteiger partial charge in [0.05, 0.1) is 42.9 Å². The van der Waals surface area contributed by atoms with E-state index >= 15 is 0 Å². The zero-order valence-electron chi connectivity index (χ0n) is 18.4. The maximum absolute atomic E-state index is 13.1. The zero-order chi connectivity index (χ0) is 22.8. The topological polar surface area (TPSA) is 111 Å². The van der Waals surface area contributed by atoms with Gasteiger partial charge in [0.25, 0.3) is 5.56 Å². The van der Waals surface area contributed by atoms with E-state index in [2.05, 4.69) is 20.4 Å². The molecule has 0 radical (unpaired) electrons. The maximum atomic E-state index is 13.1. The van der Waals surface area contributed by atoms with Crippen LogP contribution in [-0.4, -0.2) is 39.9 Å². The summed E-state index contributed by atoms with van der Waals surface area (Å²) in [5.41, 5.74) is 1.30. The molecule has 1 amide bonds. The second kappa shape index (κ2) is 8.70. The number of rotatable bonds is 7. The molecule has 0 saturated carbocycles. The molecule has 0 bridgehead atoms. The lowest BCUT2D eigenvalue weighted by Crippen LogP contribution is -2.37. The van der Waals surface area contributed by atoms with Gasteiger partial charge in [-0.3, -0.25) is 9.59 Å². The third kappa shape index (κ3) is 3.89. The smallest absolute Gasteiger partial charge is 0.279 e. The van der Waals surface area contributed by atoms with Crippen molar-refractivity contribution in [2.24, 2.45) is 5.92 Å². The maximum Gasteiger partial charge on any atom is 0.279 e. The number of ether oxygens (including phenoxy) is 2. The van der Waals surface area contributed by atoms with Gasteiger partial charge in [-0.15, -0.1) is 0 Å². The number of fused-ring (bicyclic) bond motifs is 2. The molecule has 2 heterocycles. The molecule has 2 aromatic carbocycles. The summed E-state index contributed by atoms with van der Waals surface area (Å²) in [6.45, 7) is 3.75. The Morgan fingerprint density at radius 1 is 1.16 bits per heavy atom. The molecule has 2 aromatic heterocycles. The zero-order valence-corrected chi connectivity index (χ0v) is 18.4. The number of amides is 1. The summed E-state index contributed by atoms with van der Waals surface area (Å²) in [4.78, 5) is 33.8. The minimum Gasteiger partial charge on any atom is -0.493 e. The van der Waals surface area contributed by atoms with Gasteiger partial charge in [-0.05, 0) is 30.2 Å². The van der Waals surface area contributed by atoms with Crippen LogP contribution in [0.3, 0.4) is 0 Å². The van der Waals surface area contributed by atoms with Crippen molar-refractivity contribution in [1.82, 2.24) is 25.1 Å². The van der Waals surface area contributed by atoms with Gasteiger partial charge < -0.3 is 19.8 Å². The average molecular weight is 435 g/mol. The number of H-pyrrole nitrogens is 1. The SMILES string of the molecule is COc1ccc2cnn(CC(=O)NC(c3nc4ccccc4[nH]3)C(C)C)c(=O)c2c1OC. The van der Waals surface area contributed by atoms with Gasteiger partial charge in [0, 0.05) is 5.39 Å². The highest BCUT2D eigenvalue weighted by atomic mass is 16.5. The van der Waals surface area contributed by atoms with Crippen LogP contribution in [0.2, 0.25) is 0 Å². The first-order valence-electron chi connectivity index (χ1n) is 10.3. The molecule has 4 rings (SSSR count). The molecule has 0 fully saturated rings. The molecule has 9 nitrogen and oxygen atoms in total. The van der Waals surface area contributed by atoms with Crippen molar-refractivity contribution in [1.29, 1.82) is 0 Å². The summed E-state index contributed by atoms with van der Waals surface area (Å²) < 4.78 is 11.8. The minimum atomic E-state index is -0.432. The summed E-state index contributed by atoms with van der Waals surface area (Å²) in [6, 6.07) is 10.8. The van der Waals surface area contributed by atoms with Gasteiger partial charge in [0.15, 0.2) is 11.5 Å². The predicted molar refractivity (Wildman–Crippen MR) is 121 cm³/mol. The van der Waals surface area contributed by atoms with Crippen LogP contribution < -0.4 is 20.3 Å². The highest BCUT2D eigenvalue weighted by molar-refractivity contribution is 5.89. The minimum absolute atomic E-state index is 0.0742. The Morgan fingerprint density at radius 3 is 2.62 bits per heavy atom. The van der Waals surface area contributed by atoms with Crippen LogP contribution >= 0.6 is 0 Å². The quantitative estimate of drug-likeness (QED) is 0.462. The third-order valence-electron chi connectivity index (χ3n) is 5.34. The molecule has 0 spiro atoms. The van der Waals surface area contributed by atoms with Crippen molar-refractivity contribution in [3.8, 4) is 11.5 Å². The normalized spacial score (nSPS) is 12.3. The number of nitrogens with zero attached hydrogens (tertiary/aromatic N) is 3. The fourth-order valence-electron chi connectivity index (χ4n) is 3.72. The molecule has 1 atom stereocenters. The Labute approximate surface area is 184 Å². The van der Waals surface area contributed by atoms with E-state index in [9.17, 15) is 9.59 Å². The van der Waals surface area contributed by atoms with E-state index in [1.54, 1.807) is 12.1 Å². The Morgan fingerprint density at radius 2 is 1.94 bits per heavy atom. The molecule has 9 heteroatoms. The van der Waals surface area contributed by atoms with Crippen LogP contribution in [-0.2, 0) is 11.3 Å². The molecule has 0 aliphatic carbocycles. The molecule has 166 valence electrons. The summed E-state index contributed by atoms with van der Waals surface area (Å²) in [5, 5.41) is 8.06. The molecule has 0 aliphatic heterocycles. The van der Waals surface area contributed by atoms with Crippen LogP contribution in [0.15, 0.2) is 47.4 Å². The fraction of sp³-hybridized carbons (Fsp3) is 0.304. The van der Waals surface area contributed by atoms with Gasteiger partial charge in [0.1, 0.15) is 12.4 Å². The number of imidazole rings is 1. The first kappa shape index (κ1) is 21.4. The van der Waals surface area contributed by atoms with Crippen LogP contribution in [0, 0.1) is 5.92 Å². The van der Waals surface area contributed by atoms with Crippen molar-refractivity contribution in [3.63, 3.8) is 0 Å². The lowest BCUT2D eigenvalue weighted by atomic mass is 10.0. The number of aromatic nitrogens is 4. The third-order valence-corrected chi connectivity index (χ3v) is 5.34. The number of hydrogen-bond donors (Lipinski definition) is 2. The van der Waals surface area contributed by atoms with E-state index in [-0.39, 0.29) is 24.4 Å². The largest absolute Gasteiger partial charge is 0.493 e. The van der Waals surface area contributed by atoms with Crippen molar-refractivity contribution in [2.75, 3.05) is 14.2 Å². The number of para-hydroxylation sites is 2. The monoisotopic (exact) mass is 435 g/mol. The van der Waals surface area contributed by atoms with Crippen molar-refractivity contribution < 1.29 is 14.3 Å². The van der Waals surface area contributed by atoms with Gasteiger partial charge in [-0.2, -0.15) is 5.10 Å². The van der Waals surface area contributed by atoms with Crippen LogP contribution in [0.5, 0.6) is 11.5 Å². The van der Waals surface area contributed by atoms with Gasteiger partial charge >= 0.3 is 0 Å². The van der Waals surface area contributed by atoms with E-state index in [1.807, 2.05) is 38.1 Å². The molecule has 0 saturated heterocycles.